The lowest BCUT2D eigenvalue weighted by Gasteiger charge is -2.52. The van der Waals surface area contributed by atoms with Crippen molar-refractivity contribution in [1.29, 1.82) is 0 Å². The highest BCUT2D eigenvalue weighted by Crippen LogP contribution is 2.60. The van der Waals surface area contributed by atoms with Crippen LogP contribution in [0.4, 0.5) is 0 Å². The van der Waals surface area contributed by atoms with Crippen LogP contribution in [0.1, 0.15) is 104 Å². The first-order valence-electron chi connectivity index (χ1n) is 13.7. The van der Waals surface area contributed by atoms with E-state index in [1.807, 2.05) is 12.1 Å². The molecular weight excluding hydrogens is 442 g/mol. The maximum Gasteiger partial charge on any atom is 0.316 e. The number of carbonyl (C=O) groups excluding carboxylic acids is 1. The van der Waals surface area contributed by atoms with Crippen LogP contribution in [0.25, 0.3) is 5.69 Å². The Kier molecular flexibility index (Phi) is 4.14. The Bertz CT molecular complexity index is 1150. The summed E-state index contributed by atoms with van der Waals surface area (Å²) in [6.45, 7) is 0. The molecule has 0 aliphatic heterocycles. The van der Waals surface area contributed by atoms with Crippen LogP contribution in [-0.4, -0.2) is 10.6 Å². The number of halogens is 1. The number of hydrogen-bond donors (Lipinski definition) is 1. The monoisotopic (exact) mass is 476 g/mol. The number of rotatable bonds is 3. The van der Waals surface area contributed by atoms with Crippen LogP contribution < -0.4 is 10.4 Å². The van der Waals surface area contributed by atoms with Crippen molar-refractivity contribution >= 4 is 17.5 Å². The fraction of sp³-hybridized carbons (Fsp3) is 0.655. The number of aromatic nitrogens is 2. The van der Waals surface area contributed by atoms with Gasteiger partial charge in [0.15, 0.2) is 5.54 Å². The Morgan fingerprint density at radius 2 is 1.35 bits per heavy atom. The molecule has 10 rings (SSSR count). The van der Waals surface area contributed by atoms with Crippen molar-refractivity contribution < 1.29 is 9.48 Å². The van der Waals surface area contributed by atoms with E-state index in [2.05, 4.69) is 21.5 Å². The molecule has 1 aromatic heterocycles. The molecule has 0 saturated heterocycles. The molecule has 6 saturated carbocycles. The first-order valence-corrected chi connectivity index (χ1v) is 14.1. The lowest BCUT2D eigenvalue weighted by atomic mass is 9.53. The summed E-state index contributed by atoms with van der Waals surface area (Å²) in [6.07, 6.45) is 14.2. The average Bonchev–Trinajstić information content (AvgIpc) is 3.07. The molecule has 1 amide bonds. The molecule has 1 aromatic carbocycles. The van der Waals surface area contributed by atoms with Gasteiger partial charge >= 0.3 is 5.91 Å². The molecule has 34 heavy (non-hydrogen) atoms. The largest absolute Gasteiger partial charge is 0.360 e. The number of nitrogens with two attached hydrogens (primary N) is 1. The molecule has 2 aromatic rings. The van der Waals surface area contributed by atoms with Crippen LogP contribution >= 0.6 is 11.6 Å². The van der Waals surface area contributed by atoms with Crippen molar-refractivity contribution in [3.63, 3.8) is 0 Å². The van der Waals surface area contributed by atoms with Gasteiger partial charge in [0, 0.05) is 30.2 Å². The number of amides is 1. The summed E-state index contributed by atoms with van der Waals surface area (Å²) in [5.74, 6) is 4.85. The van der Waals surface area contributed by atoms with Crippen molar-refractivity contribution in [1.82, 2.24) is 4.68 Å². The van der Waals surface area contributed by atoms with Gasteiger partial charge in [-0.15, -0.1) is 4.68 Å². The van der Waals surface area contributed by atoms with Gasteiger partial charge in [0.2, 0.25) is 0 Å². The fourth-order valence-electron chi connectivity index (χ4n) is 10.5. The zero-order valence-electron chi connectivity index (χ0n) is 19.9. The molecule has 0 radical (unpaired) electrons. The number of carbonyl (C=O) groups is 1. The Labute approximate surface area is 206 Å². The summed E-state index contributed by atoms with van der Waals surface area (Å²) in [6, 6.07) is 8.36. The highest BCUT2D eigenvalue weighted by atomic mass is 35.5. The van der Waals surface area contributed by atoms with E-state index < -0.39 is 0 Å². The third-order valence-corrected chi connectivity index (χ3v) is 11.1. The predicted molar refractivity (Wildman–Crippen MR) is 131 cm³/mol. The molecule has 2 unspecified atom stereocenters. The maximum atomic E-state index is 13.4. The maximum absolute atomic E-state index is 13.4. The number of benzene rings is 1. The highest BCUT2D eigenvalue weighted by Gasteiger charge is 2.62. The van der Waals surface area contributed by atoms with E-state index in [9.17, 15) is 4.79 Å². The van der Waals surface area contributed by atoms with Crippen molar-refractivity contribution in [3.05, 3.63) is 46.2 Å². The zero-order valence-corrected chi connectivity index (χ0v) is 20.6. The van der Waals surface area contributed by atoms with Crippen LogP contribution in [0.5, 0.6) is 0 Å². The van der Waals surface area contributed by atoms with Crippen LogP contribution in [0.2, 0.25) is 5.02 Å². The normalized spacial score (nSPS) is 41.0. The van der Waals surface area contributed by atoms with Gasteiger partial charge in [-0.25, -0.2) is 0 Å². The zero-order chi connectivity index (χ0) is 22.8. The van der Waals surface area contributed by atoms with Crippen LogP contribution in [0.3, 0.4) is 0 Å². The standard InChI is InChI=1S/C29H34ClN3O/c30-23-1-3-24(4-2-23)32-26-22-11-16-5-17(12-22)10-21(9-16)25(26)27(28(31)34)33(32)29-13-18-6-19(14-29)8-20(7-18)15-29/h1-4,16-22H,5-15H2,(H-,31,34)/p+1. The molecule has 178 valence electrons. The molecule has 8 aliphatic rings. The number of hydrogen-bond acceptors (Lipinski definition) is 1. The lowest BCUT2D eigenvalue weighted by Crippen LogP contribution is -2.70. The molecule has 8 bridgehead atoms. The number of nitrogens with zero attached hydrogens (tertiary/aromatic N) is 2. The second-order valence-corrected chi connectivity index (χ2v) is 13.5. The van der Waals surface area contributed by atoms with E-state index in [4.69, 9.17) is 17.3 Å². The summed E-state index contributed by atoms with van der Waals surface area (Å²) in [5, 5.41) is 0.762. The van der Waals surface area contributed by atoms with E-state index >= 15 is 0 Å². The quantitative estimate of drug-likeness (QED) is 0.556. The van der Waals surface area contributed by atoms with Gasteiger partial charge in [-0.2, -0.15) is 0 Å². The Morgan fingerprint density at radius 3 is 1.91 bits per heavy atom. The van der Waals surface area contributed by atoms with Gasteiger partial charge in [-0.1, -0.05) is 16.3 Å². The molecule has 0 spiro atoms. The van der Waals surface area contributed by atoms with Crippen molar-refractivity contribution in [2.75, 3.05) is 0 Å². The fourth-order valence-corrected chi connectivity index (χ4v) is 10.6. The SMILES string of the molecule is NC(=O)c1c2c(n(-c3ccc(Cl)cc3)[n+]1C13CC4CC(CC(C4)C1)C3)C1CC3CC(CC2C3)C1. The van der Waals surface area contributed by atoms with Crippen molar-refractivity contribution in [2.45, 2.75) is 88.0 Å². The minimum absolute atomic E-state index is 0.0299. The Morgan fingerprint density at radius 1 is 0.824 bits per heavy atom. The first kappa shape index (κ1) is 20.4. The van der Waals surface area contributed by atoms with E-state index in [-0.39, 0.29) is 11.4 Å². The molecule has 8 aliphatic carbocycles. The second-order valence-electron chi connectivity index (χ2n) is 13.1. The van der Waals surface area contributed by atoms with Gasteiger partial charge in [-0.05, 0) is 111 Å². The van der Waals surface area contributed by atoms with Gasteiger partial charge in [-0.3, -0.25) is 4.79 Å². The molecule has 6 fully saturated rings. The average molecular weight is 477 g/mol. The lowest BCUT2D eigenvalue weighted by molar-refractivity contribution is -0.838. The second kappa shape index (κ2) is 6.90. The molecule has 2 atom stereocenters. The Balaban J connectivity index is 1.44. The van der Waals surface area contributed by atoms with Crippen LogP contribution in [0, 0.1) is 29.6 Å². The van der Waals surface area contributed by atoms with Gasteiger partial charge in [0.1, 0.15) is 5.69 Å². The summed E-state index contributed by atoms with van der Waals surface area (Å²) < 4.78 is 5.03. The summed E-state index contributed by atoms with van der Waals surface area (Å²) in [7, 11) is 0. The number of primary amides is 1. The van der Waals surface area contributed by atoms with Crippen LogP contribution in [0.15, 0.2) is 24.3 Å². The van der Waals surface area contributed by atoms with E-state index in [0.717, 1.165) is 46.0 Å². The van der Waals surface area contributed by atoms with Gasteiger partial charge < -0.3 is 5.73 Å². The van der Waals surface area contributed by atoms with E-state index in [1.54, 1.807) is 0 Å². The minimum atomic E-state index is -0.207. The predicted octanol–water partition coefficient (Wildman–Crippen LogP) is 5.83. The Hall–Kier alpha value is -1.81. The van der Waals surface area contributed by atoms with Gasteiger partial charge in [0.05, 0.1) is 11.3 Å². The van der Waals surface area contributed by atoms with E-state index in [0.29, 0.717) is 11.8 Å². The molecule has 2 N–H and O–H groups in total. The topological polar surface area (TPSA) is 51.9 Å². The summed E-state index contributed by atoms with van der Waals surface area (Å²) in [5.41, 5.74) is 11.2. The summed E-state index contributed by atoms with van der Waals surface area (Å²) in [4.78, 5) is 13.4. The third kappa shape index (κ3) is 2.72. The molecule has 4 nitrogen and oxygen atoms in total. The summed E-state index contributed by atoms with van der Waals surface area (Å²) >= 11 is 6.34. The molecule has 5 heteroatoms. The molecular formula is C29H35ClN3O+. The third-order valence-electron chi connectivity index (χ3n) is 10.9. The highest BCUT2D eigenvalue weighted by molar-refractivity contribution is 6.30. The van der Waals surface area contributed by atoms with Crippen molar-refractivity contribution in [3.8, 4) is 5.69 Å². The first-order chi connectivity index (χ1) is 16.5. The minimum Gasteiger partial charge on any atom is -0.360 e. The molecule has 1 heterocycles. The smallest absolute Gasteiger partial charge is 0.316 e. The van der Waals surface area contributed by atoms with Crippen molar-refractivity contribution in [2.24, 2.45) is 35.3 Å². The van der Waals surface area contributed by atoms with E-state index in [1.165, 1.54) is 81.9 Å². The van der Waals surface area contributed by atoms with Crippen LogP contribution in [-0.2, 0) is 5.54 Å². The van der Waals surface area contributed by atoms with Gasteiger partial charge in [0.25, 0.3) is 5.69 Å².